The molecule has 1 aliphatic heterocycles. The van der Waals surface area contributed by atoms with Gasteiger partial charge in [-0.3, -0.25) is 0 Å². The molecule has 7 aromatic carbocycles. The number of nitrogens with zero attached hydrogens (tertiary/aromatic N) is 1. The van der Waals surface area contributed by atoms with Crippen LogP contribution in [0.5, 0.6) is 0 Å². The number of para-hydroxylation sites is 2. The van der Waals surface area contributed by atoms with Crippen LogP contribution in [0, 0.1) is 0 Å². The first-order valence-corrected chi connectivity index (χ1v) is 16.2. The maximum absolute atomic E-state index is 6.51. The minimum Gasteiger partial charge on any atom is -0.455 e. The summed E-state index contributed by atoms with van der Waals surface area (Å²) in [5, 5.41) is 11.4. The number of aromatic nitrogens is 1. The van der Waals surface area contributed by atoms with Crippen molar-refractivity contribution in [3.05, 3.63) is 151 Å². The molecule has 0 spiro atoms. The van der Waals surface area contributed by atoms with Crippen LogP contribution in [0.4, 0.5) is 5.69 Å². The molecule has 9 aromatic rings. The Morgan fingerprint density at radius 2 is 1.31 bits per heavy atom. The Bertz CT molecular complexity index is 2600. The number of furan rings is 1. The standard InChI is InChI=1S/C41H26N2OS/c1-2-10-25(11-3-1)32-24-37-39(38-31-15-7-9-17-36(31)44-40(32)38)42-41(45-37)26-18-20-29(21-19-26)43-34-16-8-6-14-30(34)33-22-27-12-4-5-13-28(27)23-35(33)43/h1-24,41-42H. The number of benzene rings is 7. The third-order valence-electron chi connectivity index (χ3n) is 9.21. The summed E-state index contributed by atoms with van der Waals surface area (Å²) in [5.41, 5.74) is 10.2. The minimum absolute atomic E-state index is 0.0963. The second-order valence-corrected chi connectivity index (χ2v) is 12.9. The van der Waals surface area contributed by atoms with Gasteiger partial charge in [0.1, 0.15) is 16.5 Å². The second kappa shape index (κ2) is 9.52. The lowest BCUT2D eigenvalue weighted by Gasteiger charge is -2.13. The maximum Gasteiger partial charge on any atom is 0.145 e. The molecule has 1 atom stereocenters. The molecule has 212 valence electrons. The van der Waals surface area contributed by atoms with E-state index in [4.69, 9.17) is 4.42 Å². The third-order valence-corrected chi connectivity index (χ3v) is 10.4. The number of hydrogen-bond acceptors (Lipinski definition) is 3. The molecule has 0 aliphatic carbocycles. The van der Waals surface area contributed by atoms with E-state index in [2.05, 4.69) is 149 Å². The monoisotopic (exact) mass is 594 g/mol. The van der Waals surface area contributed by atoms with Gasteiger partial charge in [-0.25, -0.2) is 0 Å². The molecule has 1 N–H and O–H groups in total. The summed E-state index contributed by atoms with van der Waals surface area (Å²) in [4.78, 5) is 1.25. The fourth-order valence-electron chi connectivity index (χ4n) is 7.11. The molecule has 3 heterocycles. The Morgan fingerprint density at radius 3 is 2.16 bits per heavy atom. The van der Waals surface area contributed by atoms with E-state index in [1.54, 1.807) is 0 Å². The van der Waals surface area contributed by atoms with Crippen molar-refractivity contribution in [2.24, 2.45) is 0 Å². The van der Waals surface area contributed by atoms with Crippen LogP contribution in [0.15, 0.2) is 155 Å². The summed E-state index contributed by atoms with van der Waals surface area (Å²) >= 11 is 1.88. The van der Waals surface area contributed by atoms with Gasteiger partial charge in [-0.1, -0.05) is 115 Å². The lowest BCUT2D eigenvalue weighted by Crippen LogP contribution is -2.02. The molecule has 3 nitrogen and oxygen atoms in total. The normalized spacial score (nSPS) is 14.5. The Labute approximate surface area is 263 Å². The zero-order chi connectivity index (χ0) is 29.5. The van der Waals surface area contributed by atoms with Gasteiger partial charge in [0, 0.05) is 32.3 Å². The topological polar surface area (TPSA) is 30.1 Å². The number of fused-ring (bicyclic) bond motifs is 9. The quantitative estimate of drug-likeness (QED) is 0.221. The van der Waals surface area contributed by atoms with Crippen molar-refractivity contribution >= 4 is 72.0 Å². The van der Waals surface area contributed by atoms with Gasteiger partial charge in [-0.2, -0.15) is 0 Å². The SMILES string of the molecule is c1ccc(-c2cc3c(c4c2oc2ccccc24)NC(c2ccc(-n4c5ccccc5c5cc6ccccc6cc54)cc2)S3)cc1. The van der Waals surface area contributed by atoms with Crippen molar-refractivity contribution in [1.82, 2.24) is 4.57 Å². The van der Waals surface area contributed by atoms with Crippen molar-refractivity contribution in [2.75, 3.05) is 5.32 Å². The second-order valence-electron chi connectivity index (χ2n) is 11.8. The van der Waals surface area contributed by atoms with Crippen LogP contribution < -0.4 is 5.32 Å². The molecule has 0 fully saturated rings. The molecule has 0 amide bonds. The van der Waals surface area contributed by atoms with Gasteiger partial charge in [-0.05, 0) is 64.4 Å². The molecule has 0 bridgehead atoms. The third kappa shape index (κ3) is 3.73. The molecule has 1 unspecified atom stereocenters. The molecule has 45 heavy (non-hydrogen) atoms. The van der Waals surface area contributed by atoms with E-state index in [1.807, 2.05) is 17.8 Å². The maximum atomic E-state index is 6.51. The highest BCUT2D eigenvalue weighted by atomic mass is 32.2. The van der Waals surface area contributed by atoms with Crippen molar-refractivity contribution in [3.63, 3.8) is 0 Å². The molecule has 1 aliphatic rings. The summed E-state index contributed by atoms with van der Waals surface area (Å²) < 4.78 is 8.91. The van der Waals surface area contributed by atoms with Crippen LogP contribution >= 0.6 is 11.8 Å². The van der Waals surface area contributed by atoms with Crippen LogP contribution in [-0.4, -0.2) is 4.57 Å². The van der Waals surface area contributed by atoms with Crippen LogP contribution in [0.3, 0.4) is 0 Å². The van der Waals surface area contributed by atoms with E-state index in [0.717, 1.165) is 44.4 Å². The van der Waals surface area contributed by atoms with E-state index in [-0.39, 0.29) is 5.37 Å². The number of nitrogens with one attached hydrogen (secondary N) is 1. The molecule has 10 rings (SSSR count). The highest BCUT2D eigenvalue weighted by Gasteiger charge is 2.29. The molecular formula is C41H26N2OS. The minimum atomic E-state index is 0.0963. The summed E-state index contributed by atoms with van der Waals surface area (Å²) in [6.45, 7) is 0. The fourth-order valence-corrected chi connectivity index (χ4v) is 8.30. The molecule has 4 heteroatoms. The fraction of sp³-hybridized carbons (Fsp3) is 0.0244. The first-order valence-electron chi connectivity index (χ1n) is 15.3. The van der Waals surface area contributed by atoms with Gasteiger partial charge in [0.05, 0.1) is 22.1 Å². The van der Waals surface area contributed by atoms with Crippen molar-refractivity contribution in [1.29, 1.82) is 0 Å². The first kappa shape index (κ1) is 24.9. The van der Waals surface area contributed by atoms with Gasteiger partial charge in [0.15, 0.2) is 0 Å². The average Bonchev–Trinajstić information content (AvgIpc) is 3.79. The highest BCUT2D eigenvalue weighted by Crippen LogP contribution is 2.53. The number of thioether (sulfide) groups is 1. The number of anilines is 1. The Kier molecular flexibility index (Phi) is 5.28. The Hall–Kier alpha value is -5.45. The number of rotatable bonds is 3. The average molecular weight is 595 g/mol. The van der Waals surface area contributed by atoms with Gasteiger partial charge in [0.25, 0.3) is 0 Å². The lowest BCUT2D eigenvalue weighted by molar-refractivity contribution is 0.670. The van der Waals surface area contributed by atoms with Crippen LogP contribution in [-0.2, 0) is 0 Å². The molecule has 2 aromatic heterocycles. The smallest absolute Gasteiger partial charge is 0.145 e. The van der Waals surface area contributed by atoms with Crippen LogP contribution in [0.2, 0.25) is 0 Å². The van der Waals surface area contributed by atoms with Crippen LogP contribution in [0.25, 0.3) is 71.3 Å². The van der Waals surface area contributed by atoms with E-state index >= 15 is 0 Å². The van der Waals surface area contributed by atoms with Crippen molar-refractivity contribution in [3.8, 4) is 16.8 Å². The van der Waals surface area contributed by atoms with E-state index < -0.39 is 0 Å². The largest absolute Gasteiger partial charge is 0.455 e. The Morgan fingerprint density at radius 1 is 0.600 bits per heavy atom. The van der Waals surface area contributed by atoms with E-state index in [1.165, 1.54) is 43.0 Å². The van der Waals surface area contributed by atoms with Crippen molar-refractivity contribution in [2.45, 2.75) is 10.3 Å². The zero-order valence-electron chi connectivity index (χ0n) is 24.2. The molecular weight excluding hydrogens is 569 g/mol. The lowest BCUT2D eigenvalue weighted by atomic mass is 10.0. The van der Waals surface area contributed by atoms with Gasteiger partial charge >= 0.3 is 0 Å². The van der Waals surface area contributed by atoms with Gasteiger partial charge in [-0.15, -0.1) is 0 Å². The first-order chi connectivity index (χ1) is 22.3. The summed E-state index contributed by atoms with van der Waals surface area (Å²) in [6, 6.07) is 52.3. The summed E-state index contributed by atoms with van der Waals surface area (Å²) in [7, 11) is 0. The predicted molar refractivity (Wildman–Crippen MR) is 190 cm³/mol. The highest BCUT2D eigenvalue weighted by molar-refractivity contribution is 8.00. The van der Waals surface area contributed by atoms with Gasteiger partial charge in [0.2, 0.25) is 0 Å². The van der Waals surface area contributed by atoms with Crippen molar-refractivity contribution < 1.29 is 4.42 Å². The Balaban J connectivity index is 1.08. The number of hydrogen-bond donors (Lipinski definition) is 1. The van der Waals surface area contributed by atoms with Gasteiger partial charge < -0.3 is 14.3 Å². The molecule has 0 radical (unpaired) electrons. The molecule has 0 saturated heterocycles. The zero-order valence-corrected chi connectivity index (χ0v) is 25.0. The molecule has 0 saturated carbocycles. The van der Waals surface area contributed by atoms with E-state index in [9.17, 15) is 0 Å². The van der Waals surface area contributed by atoms with E-state index in [0.29, 0.717) is 0 Å². The van der Waals surface area contributed by atoms with Crippen LogP contribution in [0.1, 0.15) is 10.9 Å². The summed E-state index contributed by atoms with van der Waals surface area (Å²) in [6.07, 6.45) is 0. The predicted octanol–water partition coefficient (Wildman–Crippen LogP) is 11.7. The summed E-state index contributed by atoms with van der Waals surface area (Å²) in [5.74, 6) is 0.